The summed E-state index contributed by atoms with van der Waals surface area (Å²) in [4.78, 5) is 0. The first kappa shape index (κ1) is 6.94. The maximum Gasteiger partial charge on any atom is 0.0243 e. The zero-order valence-corrected chi connectivity index (χ0v) is 6.62. The predicted molar refractivity (Wildman–Crippen MR) is 51.0 cm³/mol. The molecule has 0 aromatic heterocycles. The third-order valence-corrected chi connectivity index (χ3v) is 1.94. The highest BCUT2D eigenvalue weighted by molar-refractivity contribution is 5.66. The van der Waals surface area contributed by atoms with Gasteiger partial charge in [-0.15, -0.1) is 6.42 Å². The first-order valence-corrected chi connectivity index (χ1v) is 3.85. The zero-order valence-electron chi connectivity index (χ0n) is 6.62. The summed E-state index contributed by atoms with van der Waals surface area (Å²) in [7, 11) is 0. The van der Waals surface area contributed by atoms with Crippen molar-refractivity contribution in [3.05, 3.63) is 48.0 Å². The molecule has 0 spiro atoms. The standard InChI is InChI=1S/C12H8/c1-2-10-6-8-11-4-3-5-12(11)9-7-10/h1,3-9H. The second-order valence-corrected chi connectivity index (χ2v) is 2.70. The van der Waals surface area contributed by atoms with Crippen LogP contribution in [-0.4, -0.2) is 0 Å². The van der Waals surface area contributed by atoms with E-state index in [1.54, 1.807) is 0 Å². The summed E-state index contributed by atoms with van der Waals surface area (Å²) < 4.78 is 0. The minimum atomic E-state index is 0.922. The monoisotopic (exact) mass is 152 g/mol. The molecule has 0 saturated carbocycles. The number of rotatable bonds is 0. The van der Waals surface area contributed by atoms with Crippen LogP contribution in [0.25, 0.3) is 11.1 Å². The Bertz CT molecular complexity index is 376. The van der Waals surface area contributed by atoms with Crippen molar-refractivity contribution in [2.24, 2.45) is 0 Å². The van der Waals surface area contributed by atoms with Crippen molar-refractivity contribution < 1.29 is 0 Å². The van der Waals surface area contributed by atoms with Crippen LogP contribution in [0.2, 0.25) is 0 Å². The Morgan fingerprint density at radius 3 is 1.92 bits per heavy atom. The minimum Gasteiger partial charge on any atom is -0.115 e. The largest absolute Gasteiger partial charge is 0.115 e. The van der Waals surface area contributed by atoms with E-state index in [0.29, 0.717) is 0 Å². The molecule has 0 radical (unpaired) electrons. The van der Waals surface area contributed by atoms with E-state index in [9.17, 15) is 0 Å². The van der Waals surface area contributed by atoms with Gasteiger partial charge in [0.15, 0.2) is 0 Å². The van der Waals surface area contributed by atoms with Gasteiger partial charge in [0, 0.05) is 5.56 Å². The van der Waals surface area contributed by atoms with Crippen molar-refractivity contribution in [2.45, 2.75) is 0 Å². The molecule has 0 aromatic carbocycles. The van der Waals surface area contributed by atoms with Gasteiger partial charge in [0.05, 0.1) is 0 Å². The first-order valence-electron chi connectivity index (χ1n) is 3.85. The molecule has 0 heteroatoms. The highest BCUT2D eigenvalue weighted by Gasteiger charge is 1.97. The summed E-state index contributed by atoms with van der Waals surface area (Å²) in [5.74, 6) is 2.61. The Kier molecular flexibility index (Phi) is 1.57. The Morgan fingerprint density at radius 2 is 1.42 bits per heavy atom. The van der Waals surface area contributed by atoms with Crippen molar-refractivity contribution in [3.8, 4) is 23.5 Å². The second kappa shape index (κ2) is 2.71. The predicted octanol–water partition coefficient (Wildman–Crippen LogP) is 2.77. The highest BCUT2D eigenvalue weighted by atomic mass is 14.0. The lowest BCUT2D eigenvalue weighted by molar-refractivity contribution is 1.76. The van der Waals surface area contributed by atoms with E-state index in [2.05, 4.69) is 18.1 Å². The van der Waals surface area contributed by atoms with Crippen LogP contribution in [0.5, 0.6) is 0 Å². The van der Waals surface area contributed by atoms with Gasteiger partial charge in [-0.3, -0.25) is 0 Å². The molecule has 0 aliphatic heterocycles. The second-order valence-electron chi connectivity index (χ2n) is 2.70. The topological polar surface area (TPSA) is 0 Å². The van der Waals surface area contributed by atoms with Gasteiger partial charge in [-0.05, 0) is 23.3 Å². The van der Waals surface area contributed by atoms with Crippen molar-refractivity contribution in [3.63, 3.8) is 0 Å². The molecular formula is C12H8. The van der Waals surface area contributed by atoms with E-state index in [-0.39, 0.29) is 0 Å². The van der Waals surface area contributed by atoms with E-state index in [4.69, 9.17) is 6.42 Å². The summed E-state index contributed by atoms with van der Waals surface area (Å²) in [5.41, 5.74) is 3.39. The van der Waals surface area contributed by atoms with E-state index >= 15 is 0 Å². The summed E-state index contributed by atoms with van der Waals surface area (Å²) in [6.45, 7) is 0. The van der Waals surface area contributed by atoms with Gasteiger partial charge < -0.3 is 0 Å². The molecule has 0 atom stereocenters. The Labute approximate surface area is 72.2 Å². The molecule has 0 amide bonds. The fourth-order valence-electron chi connectivity index (χ4n) is 1.26. The molecule has 56 valence electrons. The molecule has 0 saturated heterocycles. The van der Waals surface area contributed by atoms with Crippen molar-refractivity contribution in [2.75, 3.05) is 0 Å². The van der Waals surface area contributed by atoms with Crippen LogP contribution >= 0.6 is 0 Å². The maximum absolute atomic E-state index is 5.29. The van der Waals surface area contributed by atoms with Gasteiger partial charge in [0.1, 0.15) is 0 Å². The van der Waals surface area contributed by atoms with Crippen LogP contribution in [-0.2, 0) is 0 Å². The lowest BCUT2D eigenvalue weighted by Crippen LogP contribution is -1.60. The molecule has 2 aliphatic carbocycles. The fourth-order valence-corrected chi connectivity index (χ4v) is 1.26. The number of fused-ring (bicyclic) bond motifs is 1. The fraction of sp³-hybridized carbons (Fsp3) is 0. The van der Waals surface area contributed by atoms with Gasteiger partial charge in [0.2, 0.25) is 0 Å². The molecule has 0 unspecified atom stereocenters. The maximum atomic E-state index is 5.29. The Morgan fingerprint density at radius 1 is 0.833 bits per heavy atom. The number of terminal acetylenes is 1. The van der Waals surface area contributed by atoms with Crippen LogP contribution in [0, 0.1) is 12.3 Å². The lowest BCUT2D eigenvalue weighted by atomic mass is 10.2. The summed E-state index contributed by atoms with van der Waals surface area (Å²) >= 11 is 0. The molecule has 2 rings (SSSR count). The third kappa shape index (κ3) is 1.06. The number of hydrogen-bond acceptors (Lipinski definition) is 0. The molecule has 0 bridgehead atoms. The van der Waals surface area contributed by atoms with E-state index < -0.39 is 0 Å². The van der Waals surface area contributed by atoms with Crippen LogP contribution in [0.15, 0.2) is 42.5 Å². The smallest absolute Gasteiger partial charge is 0.0243 e. The van der Waals surface area contributed by atoms with Crippen molar-refractivity contribution in [1.29, 1.82) is 0 Å². The lowest BCUT2D eigenvalue weighted by Gasteiger charge is -1.85. The van der Waals surface area contributed by atoms with Gasteiger partial charge in [-0.1, -0.05) is 36.3 Å². The SMILES string of the molecule is C#Cc1ccc2cccc-2cc1. The summed E-state index contributed by atoms with van der Waals surface area (Å²) in [6.07, 6.45) is 5.29. The molecule has 0 heterocycles. The summed E-state index contributed by atoms with van der Waals surface area (Å²) in [6, 6.07) is 14.2. The average molecular weight is 152 g/mol. The van der Waals surface area contributed by atoms with Crippen molar-refractivity contribution in [1.82, 2.24) is 0 Å². The molecular weight excluding hydrogens is 144 g/mol. The van der Waals surface area contributed by atoms with Crippen LogP contribution in [0.4, 0.5) is 0 Å². The highest BCUT2D eigenvalue weighted by Crippen LogP contribution is 2.21. The van der Waals surface area contributed by atoms with Gasteiger partial charge in [0.25, 0.3) is 0 Å². The van der Waals surface area contributed by atoms with E-state index in [0.717, 1.165) is 5.56 Å². The number of hydrogen-bond donors (Lipinski definition) is 0. The Hall–Kier alpha value is -1.74. The van der Waals surface area contributed by atoms with E-state index in [1.165, 1.54) is 11.1 Å². The average Bonchev–Trinajstić information content (AvgIpc) is 2.46. The first-order chi connectivity index (χ1) is 5.90. The quantitative estimate of drug-likeness (QED) is 0.509. The Balaban J connectivity index is 2.68. The van der Waals surface area contributed by atoms with Gasteiger partial charge >= 0.3 is 0 Å². The van der Waals surface area contributed by atoms with Crippen LogP contribution < -0.4 is 0 Å². The van der Waals surface area contributed by atoms with E-state index in [1.807, 2.05) is 30.3 Å². The minimum absolute atomic E-state index is 0.922. The molecule has 0 aromatic rings. The normalized spacial score (nSPS) is 9.58. The van der Waals surface area contributed by atoms with Gasteiger partial charge in [-0.2, -0.15) is 0 Å². The van der Waals surface area contributed by atoms with Crippen LogP contribution in [0.1, 0.15) is 5.56 Å². The molecule has 2 aliphatic rings. The molecule has 12 heavy (non-hydrogen) atoms. The third-order valence-electron chi connectivity index (χ3n) is 1.94. The summed E-state index contributed by atoms with van der Waals surface area (Å²) in [5, 5.41) is 0. The van der Waals surface area contributed by atoms with Gasteiger partial charge in [-0.25, -0.2) is 0 Å². The zero-order chi connectivity index (χ0) is 8.39. The van der Waals surface area contributed by atoms with Crippen molar-refractivity contribution >= 4 is 0 Å². The van der Waals surface area contributed by atoms with Crippen LogP contribution in [0.3, 0.4) is 0 Å². The molecule has 0 fully saturated rings. The molecule has 0 N–H and O–H groups in total. The molecule has 0 nitrogen and oxygen atoms in total.